The molecule has 0 atom stereocenters. The molecule has 0 spiro atoms. The molecule has 0 aliphatic heterocycles. The summed E-state index contributed by atoms with van der Waals surface area (Å²) in [6.07, 6.45) is 6.52. The van der Waals surface area contributed by atoms with Crippen LogP contribution in [-0.2, 0) is 7.05 Å². The Kier molecular flexibility index (Phi) is 3.29. The molecular formula is C16H21N5S. The summed E-state index contributed by atoms with van der Waals surface area (Å²) in [4.78, 5) is 1.01. The Labute approximate surface area is 133 Å². The van der Waals surface area contributed by atoms with E-state index in [1.807, 2.05) is 18.7 Å². The molecule has 116 valence electrons. The zero-order valence-electron chi connectivity index (χ0n) is 13.3. The predicted octanol–water partition coefficient (Wildman–Crippen LogP) is 3.94. The van der Waals surface area contributed by atoms with Gasteiger partial charge in [0.25, 0.3) is 0 Å². The zero-order chi connectivity index (χ0) is 15.3. The van der Waals surface area contributed by atoms with E-state index < -0.39 is 0 Å². The molecule has 0 aromatic carbocycles. The fraction of sp³-hybridized carbons (Fsp3) is 0.562. The van der Waals surface area contributed by atoms with Crippen molar-refractivity contribution in [1.82, 2.24) is 20.0 Å². The Morgan fingerprint density at radius 3 is 2.68 bits per heavy atom. The molecule has 4 rings (SSSR count). The first-order valence-electron chi connectivity index (χ1n) is 8.01. The first kappa shape index (κ1) is 13.9. The first-order chi connectivity index (χ1) is 10.6. The van der Waals surface area contributed by atoms with E-state index in [1.54, 1.807) is 11.3 Å². The SMILES string of the molecule is Cc1nnc2sc3c(NC4CCCCC4)nn(C)c3c2c1C. The third kappa shape index (κ3) is 2.08. The Bertz CT molecular complexity index is 841. The predicted molar refractivity (Wildman–Crippen MR) is 91.7 cm³/mol. The molecular weight excluding hydrogens is 294 g/mol. The van der Waals surface area contributed by atoms with Crippen LogP contribution in [0.5, 0.6) is 0 Å². The molecule has 5 nitrogen and oxygen atoms in total. The van der Waals surface area contributed by atoms with Crippen molar-refractivity contribution in [3.63, 3.8) is 0 Å². The van der Waals surface area contributed by atoms with Crippen LogP contribution in [0, 0.1) is 13.8 Å². The molecule has 0 amide bonds. The molecule has 0 unspecified atom stereocenters. The number of aryl methyl sites for hydroxylation is 3. The third-order valence-corrected chi connectivity index (χ3v) is 5.88. The van der Waals surface area contributed by atoms with Crippen LogP contribution in [0.4, 0.5) is 5.82 Å². The Morgan fingerprint density at radius 1 is 1.14 bits per heavy atom. The van der Waals surface area contributed by atoms with Crippen molar-refractivity contribution in [2.45, 2.75) is 52.0 Å². The summed E-state index contributed by atoms with van der Waals surface area (Å²) in [6.45, 7) is 4.14. The monoisotopic (exact) mass is 315 g/mol. The lowest BCUT2D eigenvalue weighted by Crippen LogP contribution is -2.22. The second-order valence-corrected chi connectivity index (χ2v) is 7.32. The number of hydrogen-bond acceptors (Lipinski definition) is 5. The molecule has 3 heterocycles. The number of thiophene rings is 1. The van der Waals surface area contributed by atoms with E-state index in [2.05, 4.69) is 22.4 Å². The fourth-order valence-corrected chi connectivity index (χ4v) is 4.60. The van der Waals surface area contributed by atoms with Gasteiger partial charge < -0.3 is 5.32 Å². The van der Waals surface area contributed by atoms with E-state index in [0.717, 1.165) is 16.3 Å². The van der Waals surface area contributed by atoms with E-state index in [0.29, 0.717) is 6.04 Å². The number of rotatable bonds is 2. The van der Waals surface area contributed by atoms with Crippen molar-refractivity contribution in [3.05, 3.63) is 11.3 Å². The highest BCUT2D eigenvalue weighted by molar-refractivity contribution is 7.26. The van der Waals surface area contributed by atoms with Gasteiger partial charge in [0, 0.05) is 18.5 Å². The molecule has 1 aliphatic carbocycles. The lowest BCUT2D eigenvalue weighted by atomic mass is 9.95. The van der Waals surface area contributed by atoms with Crippen LogP contribution >= 0.6 is 11.3 Å². The first-order valence-corrected chi connectivity index (χ1v) is 8.82. The molecule has 0 saturated heterocycles. The minimum absolute atomic E-state index is 0.561. The summed E-state index contributed by atoms with van der Waals surface area (Å²) < 4.78 is 3.21. The van der Waals surface area contributed by atoms with Crippen LogP contribution < -0.4 is 5.32 Å². The highest BCUT2D eigenvalue weighted by Gasteiger charge is 2.21. The van der Waals surface area contributed by atoms with Gasteiger partial charge >= 0.3 is 0 Å². The van der Waals surface area contributed by atoms with Crippen LogP contribution in [0.15, 0.2) is 0 Å². The Hall–Kier alpha value is -1.69. The summed E-state index contributed by atoms with van der Waals surface area (Å²) >= 11 is 1.70. The lowest BCUT2D eigenvalue weighted by Gasteiger charge is -2.22. The standard InChI is InChI=1S/C16H21N5S/c1-9-10(2)18-19-16-12(9)13-14(22-16)15(20-21(13)3)17-11-7-5-4-6-8-11/h11H,4-8H2,1-3H3,(H,17,20). The molecule has 1 N–H and O–H groups in total. The van der Waals surface area contributed by atoms with Crippen LogP contribution in [0.1, 0.15) is 43.4 Å². The Balaban J connectivity index is 1.85. The van der Waals surface area contributed by atoms with Crippen molar-refractivity contribution in [3.8, 4) is 0 Å². The minimum Gasteiger partial charge on any atom is -0.365 e. The van der Waals surface area contributed by atoms with Crippen molar-refractivity contribution in [2.75, 3.05) is 5.32 Å². The van der Waals surface area contributed by atoms with E-state index in [1.165, 1.54) is 53.3 Å². The molecule has 22 heavy (non-hydrogen) atoms. The minimum atomic E-state index is 0.561. The van der Waals surface area contributed by atoms with Gasteiger partial charge in [-0.3, -0.25) is 4.68 Å². The average molecular weight is 315 g/mol. The fourth-order valence-electron chi connectivity index (χ4n) is 3.44. The van der Waals surface area contributed by atoms with Crippen molar-refractivity contribution < 1.29 is 0 Å². The van der Waals surface area contributed by atoms with Gasteiger partial charge in [-0.1, -0.05) is 19.3 Å². The zero-order valence-corrected chi connectivity index (χ0v) is 14.1. The average Bonchev–Trinajstić information content (AvgIpc) is 3.04. The number of nitrogens with zero attached hydrogens (tertiary/aromatic N) is 4. The molecule has 6 heteroatoms. The van der Waals surface area contributed by atoms with Gasteiger partial charge in [-0.25, -0.2) is 0 Å². The van der Waals surface area contributed by atoms with Gasteiger partial charge in [-0.05, 0) is 32.3 Å². The maximum atomic E-state index is 4.73. The second kappa shape index (κ2) is 5.19. The van der Waals surface area contributed by atoms with Crippen LogP contribution in [0.2, 0.25) is 0 Å². The van der Waals surface area contributed by atoms with Gasteiger partial charge in [-0.15, -0.1) is 16.4 Å². The summed E-state index contributed by atoms with van der Waals surface area (Å²) in [7, 11) is 2.02. The quantitative estimate of drug-likeness (QED) is 0.778. The van der Waals surface area contributed by atoms with E-state index in [-0.39, 0.29) is 0 Å². The van der Waals surface area contributed by atoms with Crippen LogP contribution in [0.25, 0.3) is 20.4 Å². The number of fused-ring (bicyclic) bond motifs is 3. The van der Waals surface area contributed by atoms with Crippen LogP contribution in [0.3, 0.4) is 0 Å². The van der Waals surface area contributed by atoms with E-state index in [4.69, 9.17) is 5.10 Å². The normalized spacial score (nSPS) is 16.7. The second-order valence-electron chi connectivity index (χ2n) is 6.32. The van der Waals surface area contributed by atoms with Crippen molar-refractivity contribution in [1.29, 1.82) is 0 Å². The summed E-state index contributed by atoms with van der Waals surface area (Å²) in [5.41, 5.74) is 3.40. The van der Waals surface area contributed by atoms with Gasteiger partial charge in [0.15, 0.2) is 5.82 Å². The number of hydrogen-bond donors (Lipinski definition) is 1. The van der Waals surface area contributed by atoms with E-state index in [9.17, 15) is 0 Å². The van der Waals surface area contributed by atoms with Gasteiger partial charge in [0.05, 0.1) is 15.9 Å². The molecule has 1 aliphatic rings. The van der Waals surface area contributed by atoms with E-state index >= 15 is 0 Å². The number of anilines is 1. The highest BCUT2D eigenvalue weighted by Crippen LogP contribution is 2.39. The molecule has 3 aromatic rings. The maximum absolute atomic E-state index is 4.73. The summed E-state index contributed by atoms with van der Waals surface area (Å²) in [5, 5.41) is 18.3. The largest absolute Gasteiger partial charge is 0.365 e. The molecule has 3 aromatic heterocycles. The Morgan fingerprint density at radius 2 is 1.91 bits per heavy atom. The van der Waals surface area contributed by atoms with Gasteiger partial charge in [-0.2, -0.15) is 10.2 Å². The summed E-state index contributed by atoms with van der Waals surface area (Å²) in [5.74, 6) is 1.02. The molecule has 1 saturated carbocycles. The van der Waals surface area contributed by atoms with Crippen LogP contribution in [-0.4, -0.2) is 26.0 Å². The maximum Gasteiger partial charge on any atom is 0.166 e. The summed E-state index contributed by atoms with van der Waals surface area (Å²) in [6, 6.07) is 0.561. The lowest BCUT2D eigenvalue weighted by molar-refractivity contribution is 0.461. The molecule has 1 fully saturated rings. The smallest absolute Gasteiger partial charge is 0.166 e. The molecule has 0 bridgehead atoms. The third-order valence-electron chi connectivity index (χ3n) is 4.81. The van der Waals surface area contributed by atoms with Gasteiger partial charge in [0.2, 0.25) is 0 Å². The highest BCUT2D eigenvalue weighted by atomic mass is 32.1. The molecule has 0 radical (unpaired) electrons. The van der Waals surface area contributed by atoms with Crippen molar-refractivity contribution in [2.24, 2.45) is 7.05 Å². The van der Waals surface area contributed by atoms with Gasteiger partial charge in [0.1, 0.15) is 4.83 Å². The number of nitrogens with one attached hydrogen (secondary N) is 1. The van der Waals surface area contributed by atoms with Crippen molar-refractivity contribution >= 4 is 37.6 Å². The topological polar surface area (TPSA) is 55.6 Å². The number of aromatic nitrogens is 4.